The number of sulfonamides is 1. The average Bonchev–Trinajstić information content (AvgIpc) is 3.13. The summed E-state index contributed by atoms with van der Waals surface area (Å²) in [5, 5.41) is 0.613. The van der Waals surface area contributed by atoms with Gasteiger partial charge in [0.1, 0.15) is 0 Å². The van der Waals surface area contributed by atoms with Crippen molar-refractivity contribution in [1.29, 1.82) is 0 Å². The van der Waals surface area contributed by atoms with E-state index in [0.29, 0.717) is 17.0 Å². The maximum absolute atomic E-state index is 12.9. The number of aromatic nitrogens is 1. The molecule has 4 aromatic rings. The lowest BCUT2D eigenvalue weighted by molar-refractivity contribution is -0.137. The van der Waals surface area contributed by atoms with Crippen LogP contribution in [0.15, 0.2) is 83.8 Å². The molecule has 8 heteroatoms. The van der Waals surface area contributed by atoms with E-state index < -0.39 is 26.7 Å². The Hall–Kier alpha value is -3.26. The molecule has 0 fully saturated rings. The van der Waals surface area contributed by atoms with Crippen LogP contribution in [0, 0.1) is 0 Å². The molecule has 29 heavy (non-hydrogen) atoms. The van der Waals surface area contributed by atoms with Crippen molar-refractivity contribution < 1.29 is 21.6 Å². The number of H-pyrrole nitrogens is 1. The molecule has 3 aromatic carbocycles. The van der Waals surface area contributed by atoms with Gasteiger partial charge in [-0.2, -0.15) is 13.2 Å². The predicted octanol–water partition coefficient (Wildman–Crippen LogP) is 5.65. The molecule has 0 aliphatic rings. The largest absolute Gasteiger partial charge is 0.416 e. The highest BCUT2D eigenvalue weighted by molar-refractivity contribution is 7.92. The number of alkyl halides is 3. The third-order valence-electron chi connectivity index (χ3n) is 4.46. The lowest BCUT2D eigenvalue weighted by Crippen LogP contribution is -2.14. The predicted molar refractivity (Wildman–Crippen MR) is 106 cm³/mol. The van der Waals surface area contributed by atoms with Crippen LogP contribution >= 0.6 is 0 Å². The van der Waals surface area contributed by atoms with E-state index in [4.69, 9.17) is 0 Å². The summed E-state index contributed by atoms with van der Waals surface area (Å²) >= 11 is 0. The number of rotatable bonds is 4. The van der Waals surface area contributed by atoms with Crippen molar-refractivity contribution in [2.45, 2.75) is 11.1 Å². The molecule has 0 amide bonds. The van der Waals surface area contributed by atoms with Crippen molar-refractivity contribution >= 4 is 26.6 Å². The van der Waals surface area contributed by atoms with Crippen molar-refractivity contribution in [3.8, 4) is 11.3 Å². The van der Waals surface area contributed by atoms with Gasteiger partial charge in [0.25, 0.3) is 10.0 Å². The Morgan fingerprint density at radius 2 is 1.55 bits per heavy atom. The third kappa shape index (κ3) is 3.84. The Morgan fingerprint density at radius 1 is 0.828 bits per heavy atom. The second-order valence-corrected chi connectivity index (χ2v) is 8.13. The number of nitrogens with one attached hydrogen (secondary N) is 2. The van der Waals surface area contributed by atoms with Gasteiger partial charge in [-0.1, -0.05) is 42.5 Å². The quantitative estimate of drug-likeness (QED) is 0.451. The Kier molecular flexibility index (Phi) is 4.58. The first-order valence-corrected chi connectivity index (χ1v) is 10.1. The van der Waals surface area contributed by atoms with E-state index in [1.807, 2.05) is 30.3 Å². The maximum atomic E-state index is 12.9. The summed E-state index contributed by atoms with van der Waals surface area (Å²) in [5.74, 6) is 0. The lowest BCUT2D eigenvalue weighted by atomic mass is 10.1. The Labute approximate surface area is 165 Å². The molecule has 2 N–H and O–H groups in total. The molecule has 0 saturated heterocycles. The summed E-state index contributed by atoms with van der Waals surface area (Å²) in [6, 6.07) is 20.0. The van der Waals surface area contributed by atoms with Crippen LogP contribution in [0.5, 0.6) is 0 Å². The van der Waals surface area contributed by atoms with Gasteiger partial charge in [-0.15, -0.1) is 0 Å². The molecule has 0 radical (unpaired) electrons. The Balaban J connectivity index is 1.73. The first-order chi connectivity index (χ1) is 13.7. The van der Waals surface area contributed by atoms with Gasteiger partial charge in [0.15, 0.2) is 0 Å². The van der Waals surface area contributed by atoms with Gasteiger partial charge in [-0.05, 0) is 42.0 Å². The summed E-state index contributed by atoms with van der Waals surface area (Å²) in [7, 11) is -4.21. The third-order valence-corrected chi connectivity index (χ3v) is 5.83. The minimum atomic E-state index is -4.63. The van der Waals surface area contributed by atoms with Crippen molar-refractivity contribution in [2.24, 2.45) is 0 Å². The van der Waals surface area contributed by atoms with Gasteiger partial charge >= 0.3 is 6.18 Å². The average molecular weight is 416 g/mol. The highest BCUT2D eigenvalue weighted by atomic mass is 32.2. The molecule has 1 aromatic heterocycles. The van der Waals surface area contributed by atoms with E-state index in [1.165, 1.54) is 0 Å². The van der Waals surface area contributed by atoms with Crippen molar-refractivity contribution in [3.63, 3.8) is 0 Å². The number of halogens is 3. The maximum Gasteiger partial charge on any atom is 0.416 e. The van der Waals surface area contributed by atoms with E-state index in [1.54, 1.807) is 24.3 Å². The molecule has 0 aliphatic carbocycles. The second kappa shape index (κ2) is 6.97. The first-order valence-electron chi connectivity index (χ1n) is 8.61. The number of hydrogen-bond donors (Lipinski definition) is 2. The van der Waals surface area contributed by atoms with Crippen LogP contribution in [-0.4, -0.2) is 13.4 Å². The summed E-state index contributed by atoms with van der Waals surface area (Å²) in [6.45, 7) is 0. The molecule has 0 spiro atoms. The van der Waals surface area contributed by atoms with Crippen molar-refractivity contribution in [3.05, 3.63) is 84.4 Å². The van der Waals surface area contributed by atoms with Gasteiger partial charge in [-0.3, -0.25) is 4.72 Å². The van der Waals surface area contributed by atoms with E-state index in [2.05, 4.69) is 9.71 Å². The number of anilines is 1. The molecule has 0 bridgehead atoms. The van der Waals surface area contributed by atoms with Crippen LogP contribution in [0.2, 0.25) is 0 Å². The van der Waals surface area contributed by atoms with Gasteiger partial charge < -0.3 is 4.98 Å². The summed E-state index contributed by atoms with van der Waals surface area (Å²) in [6.07, 6.45) is -4.63. The SMILES string of the molecule is O=S(=O)(Nc1cccc2[nH]c(-c3ccccc3)cc12)c1cccc(C(F)(F)F)c1. The zero-order chi connectivity index (χ0) is 20.6. The monoisotopic (exact) mass is 416 g/mol. The molecule has 148 valence electrons. The second-order valence-electron chi connectivity index (χ2n) is 6.45. The van der Waals surface area contributed by atoms with Crippen LogP contribution < -0.4 is 4.72 Å². The number of fused-ring (bicyclic) bond motifs is 1. The molecular weight excluding hydrogens is 401 g/mol. The van der Waals surface area contributed by atoms with Gasteiger partial charge in [0.05, 0.1) is 16.1 Å². The van der Waals surface area contributed by atoms with Crippen LogP contribution in [0.4, 0.5) is 18.9 Å². The van der Waals surface area contributed by atoms with E-state index >= 15 is 0 Å². The van der Waals surface area contributed by atoms with Crippen LogP contribution in [0.25, 0.3) is 22.2 Å². The topological polar surface area (TPSA) is 62.0 Å². The van der Waals surface area contributed by atoms with Gasteiger partial charge in [0, 0.05) is 16.6 Å². The smallest absolute Gasteiger partial charge is 0.354 e. The zero-order valence-electron chi connectivity index (χ0n) is 14.9. The number of hydrogen-bond acceptors (Lipinski definition) is 2. The Morgan fingerprint density at radius 3 is 2.28 bits per heavy atom. The van der Waals surface area contributed by atoms with Crippen LogP contribution in [0.1, 0.15) is 5.56 Å². The molecular formula is C21H15F3N2O2S. The van der Waals surface area contributed by atoms with Crippen LogP contribution in [0.3, 0.4) is 0 Å². The summed E-state index contributed by atoms with van der Waals surface area (Å²) in [5.41, 5.74) is 1.68. The molecule has 4 nitrogen and oxygen atoms in total. The van der Waals surface area contributed by atoms with Crippen molar-refractivity contribution in [2.75, 3.05) is 4.72 Å². The number of aromatic amines is 1. The summed E-state index contributed by atoms with van der Waals surface area (Å²) in [4.78, 5) is 2.77. The first kappa shape index (κ1) is 19.1. The fourth-order valence-corrected chi connectivity index (χ4v) is 4.19. The normalized spacial score (nSPS) is 12.2. The minimum absolute atomic E-state index is 0.276. The Bertz CT molecular complexity index is 1280. The van der Waals surface area contributed by atoms with E-state index in [0.717, 1.165) is 29.5 Å². The number of benzene rings is 3. The molecule has 0 atom stereocenters. The fourth-order valence-electron chi connectivity index (χ4n) is 3.06. The lowest BCUT2D eigenvalue weighted by Gasteiger charge is -2.11. The van der Waals surface area contributed by atoms with Crippen LogP contribution in [-0.2, 0) is 16.2 Å². The molecule has 4 rings (SSSR count). The van der Waals surface area contributed by atoms with E-state index in [-0.39, 0.29) is 5.69 Å². The van der Waals surface area contributed by atoms with Gasteiger partial charge in [-0.25, -0.2) is 8.42 Å². The highest BCUT2D eigenvalue weighted by Crippen LogP contribution is 2.33. The molecule has 0 unspecified atom stereocenters. The molecule has 0 saturated carbocycles. The fraction of sp³-hybridized carbons (Fsp3) is 0.0476. The summed E-state index contributed by atoms with van der Waals surface area (Å²) < 4.78 is 66.6. The van der Waals surface area contributed by atoms with Gasteiger partial charge in [0.2, 0.25) is 0 Å². The zero-order valence-corrected chi connectivity index (χ0v) is 15.7. The van der Waals surface area contributed by atoms with Crippen molar-refractivity contribution in [1.82, 2.24) is 4.98 Å². The minimum Gasteiger partial charge on any atom is -0.354 e. The molecule has 0 aliphatic heterocycles. The highest BCUT2D eigenvalue weighted by Gasteiger charge is 2.31. The standard InChI is InChI=1S/C21H15F3N2O2S/c22-21(23,24)15-8-4-9-16(12-15)29(27,28)26-19-11-5-10-18-17(19)13-20(25-18)14-6-2-1-3-7-14/h1-13,25-26H. The van der Waals surface area contributed by atoms with E-state index in [9.17, 15) is 21.6 Å². The molecule has 1 heterocycles.